The van der Waals surface area contributed by atoms with E-state index in [2.05, 4.69) is 6.07 Å². The first kappa shape index (κ1) is 16.9. The lowest BCUT2D eigenvalue weighted by atomic mass is 10.0. The topological polar surface area (TPSA) is 109 Å². The van der Waals surface area contributed by atoms with Gasteiger partial charge in [0.15, 0.2) is 0 Å². The first-order chi connectivity index (χ1) is 12.5. The lowest BCUT2D eigenvalue weighted by Gasteiger charge is -1.99. The molecule has 0 unspecified atom stereocenters. The van der Waals surface area contributed by atoms with Gasteiger partial charge in [0.2, 0.25) is 0 Å². The highest BCUT2D eigenvalue weighted by Crippen LogP contribution is 2.27. The van der Waals surface area contributed by atoms with Crippen molar-refractivity contribution in [2.24, 2.45) is 0 Å². The third kappa shape index (κ3) is 3.30. The number of hydrogen-bond donors (Lipinski definition) is 1. The predicted molar refractivity (Wildman–Crippen MR) is 96.2 cm³/mol. The number of nitro groups is 1. The number of para-hydroxylation sites is 1. The molecule has 2 aromatic carbocycles. The van der Waals surface area contributed by atoms with E-state index in [1.807, 2.05) is 12.1 Å². The van der Waals surface area contributed by atoms with Gasteiger partial charge in [0, 0.05) is 34.8 Å². The highest BCUT2D eigenvalue weighted by Gasteiger charge is 2.12. The molecule has 0 atom stereocenters. The van der Waals surface area contributed by atoms with Crippen LogP contribution in [0.3, 0.4) is 0 Å². The van der Waals surface area contributed by atoms with Crippen LogP contribution in [-0.4, -0.2) is 20.6 Å². The third-order valence-electron chi connectivity index (χ3n) is 3.91. The number of carbonyl (C=O) groups is 1. The molecule has 7 nitrogen and oxygen atoms in total. The standard InChI is InChI=1S/C19H13N3O4/c20-10-14(13-4-3-5-16(9-13)22(25)26)8-15-11-21(12-19(23)24)18-7-2-1-6-17(15)18/h1-9,11H,12H2,(H,23,24). The summed E-state index contributed by atoms with van der Waals surface area (Å²) in [5, 5.41) is 30.3. The number of benzene rings is 2. The minimum Gasteiger partial charge on any atom is -0.480 e. The van der Waals surface area contributed by atoms with Crippen LogP contribution in [0.15, 0.2) is 54.7 Å². The quantitative estimate of drug-likeness (QED) is 0.430. The minimum atomic E-state index is -0.972. The second-order valence-electron chi connectivity index (χ2n) is 5.60. The van der Waals surface area contributed by atoms with Gasteiger partial charge in [-0.05, 0) is 17.7 Å². The first-order valence-electron chi connectivity index (χ1n) is 7.66. The number of allylic oxidation sites excluding steroid dienone is 1. The fraction of sp³-hybridized carbons (Fsp3) is 0.0526. The number of nitrogens with zero attached hydrogens (tertiary/aromatic N) is 3. The number of aliphatic carboxylic acids is 1. The Morgan fingerprint density at radius 1 is 1.27 bits per heavy atom. The number of hydrogen-bond acceptors (Lipinski definition) is 4. The van der Waals surface area contributed by atoms with Crippen LogP contribution in [0, 0.1) is 21.4 Å². The molecule has 1 aromatic heterocycles. The zero-order valence-corrected chi connectivity index (χ0v) is 13.5. The molecule has 0 aliphatic carbocycles. The number of aromatic nitrogens is 1. The molecule has 7 heteroatoms. The number of non-ortho nitro benzene ring substituents is 1. The highest BCUT2D eigenvalue weighted by atomic mass is 16.6. The van der Waals surface area contributed by atoms with E-state index < -0.39 is 10.9 Å². The monoisotopic (exact) mass is 347 g/mol. The lowest BCUT2D eigenvalue weighted by Crippen LogP contribution is -2.07. The van der Waals surface area contributed by atoms with Crippen LogP contribution >= 0.6 is 0 Å². The van der Waals surface area contributed by atoms with Gasteiger partial charge < -0.3 is 9.67 Å². The van der Waals surface area contributed by atoms with Gasteiger partial charge in [0.1, 0.15) is 6.54 Å². The zero-order chi connectivity index (χ0) is 18.7. The van der Waals surface area contributed by atoms with E-state index in [4.69, 9.17) is 5.11 Å². The summed E-state index contributed by atoms with van der Waals surface area (Å²) in [6.07, 6.45) is 3.27. The summed E-state index contributed by atoms with van der Waals surface area (Å²) in [6.45, 7) is -0.201. The Morgan fingerprint density at radius 2 is 2.04 bits per heavy atom. The zero-order valence-electron chi connectivity index (χ0n) is 13.5. The van der Waals surface area contributed by atoms with Crippen molar-refractivity contribution in [2.45, 2.75) is 6.54 Å². The molecule has 3 aromatic rings. The van der Waals surface area contributed by atoms with E-state index in [0.29, 0.717) is 11.1 Å². The molecule has 0 aliphatic rings. The van der Waals surface area contributed by atoms with E-state index in [9.17, 15) is 20.2 Å². The molecule has 128 valence electrons. The number of nitriles is 1. The van der Waals surface area contributed by atoms with Crippen LogP contribution in [0.25, 0.3) is 22.6 Å². The van der Waals surface area contributed by atoms with Crippen LogP contribution < -0.4 is 0 Å². The molecule has 0 saturated heterocycles. The summed E-state index contributed by atoms with van der Waals surface area (Å²) in [4.78, 5) is 21.5. The maximum Gasteiger partial charge on any atom is 0.323 e. The molecule has 0 radical (unpaired) electrons. The molecule has 26 heavy (non-hydrogen) atoms. The Bertz CT molecular complexity index is 1090. The van der Waals surface area contributed by atoms with Gasteiger partial charge in [-0.3, -0.25) is 14.9 Å². The van der Waals surface area contributed by atoms with Crippen molar-refractivity contribution >= 4 is 34.2 Å². The molecule has 0 amide bonds. The van der Waals surface area contributed by atoms with Gasteiger partial charge in [-0.15, -0.1) is 0 Å². The Morgan fingerprint density at radius 3 is 2.73 bits per heavy atom. The van der Waals surface area contributed by atoms with Gasteiger partial charge in [-0.25, -0.2) is 0 Å². The fourth-order valence-corrected chi connectivity index (χ4v) is 2.79. The van der Waals surface area contributed by atoms with Gasteiger partial charge >= 0.3 is 5.97 Å². The van der Waals surface area contributed by atoms with Crippen molar-refractivity contribution in [3.63, 3.8) is 0 Å². The van der Waals surface area contributed by atoms with Crippen molar-refractivity contribution in [3.8, 4) is 6.07 Å². The summed E-state index contributed by atoms with van der Waals surface area (Å²) in [7, 11) is 0. The van der Waals surface area contributed by atoms with E-state index in [1.165, 1.54) is 18.2 Å². The molecule has 1 heterocycles. The summed E-state index contributed by atoms with van der Waals surface area (Å²) >= 11 is 0. The van der Waals surface area contributed by atoms with Gasteiger partial charge in [-0.2, -0.15) is 5.26 Å². The third-order valence-corrected chi connectivity index (χ3v) is 3.91. The molecule has 1 N–H and O–H groups in total. The van der Waals surface area contributed by atoms with Crippen molar-refractivity contribution in [1.82, 2.24) is 4.57 Å². The summed E-state index contributed by atoms with van der Waals surface area (Å²) < 4.78 is 1.59. The maximum atomic E-state index is 11.1. The average molecular weight is 347 g/mol. The van der Waals surface area contributed by atoms with Crippen LogP contribution in [0.1, 0.15) is 11.1 Å². The van der Waals surface area contributed by atoms with Crippen molar-refractivity contribution in [2.75, 3.05) is 0 Å². The smallest absolute Gasteiger partial charge is 0.323 e. The average Bonchev–Trinajstić information content (AvgIpc) is 2.97. The Kier molecular flexibility index (Phi) is 4.50. The maximum absolute atomic E-state index is 11.1. The van der Waals surface area contributed by atoms with Crippen molar-refractivity contribution in [3.05, 3.63) is 76.0 Å². The second kappa shape index (κ2) is 6.91. The molecule has 0 bridgehead atoms. The predicted octanol–water partition coefficient (Wildman–Crippen LogP) is 3.70. The minimum absolute atomic E-state index is 0.100. The van der Waals surface area contributed by atoms with Crippen LogP contribution in [0.5, 0.6) is 0 Å². The van der Waals surface area contributed by atoms with Crippen molar-refractivity contribution in [1.29, 1.82) is 5.26 Å². The van der Waals surface area contributed by atoms with Crippen LogP contribution in [0.2, 0.25) is 0 Å². The lowest BCUT2D eigenvalue weighted by molar-refractivity contribution is -0.384. The van der Waals surface area contributed by atoms with E-state index in [-0.39, 0.29) is 17.8 Å². The summed E-state index contributed by atoms with van der Waals surface area (Å²) in [6, 6.07) is 15.2. The van der Waals surface area contributed by atoms with E-state index in [1.54, 1.807) is 35.0 Å². The number of carboxylic acid groups (broad SMARTS) is 1. The molecule has 0 aliphatic heterocycles. The molecule has 0 spiro atoms. The van der Waals surface area contributed by atoms with E-state index in [0.717, 1.165) is 10.9 Å². The number of fused-ring (bicyclic) bond motifs is 1. The largest absolute Gasteiger partial charge is 0.480 e. The van der Waals surface area contributed by atoms with Crippen molar-refractivity contribution < 1.29 is 14.8 Å². The second-order valence-corrected chi connectivity index (χ2v) is 5.60. The SMILES string of the molecule is N#CC(=Cc1cn(CC(=O)O)c2ccccc12)c1cccc([N+](=O)[O-])c1. The molecule has 0 saturated carbocycles. The number of rotatable bonds is 5. The van der Waals surface area contributed by atoms with Crippen LogP contribution in [-0.2, 0) is 11.3 Å². The van der Waals surface area contributed by atoms with E-state index >= 15 is 0 Å². The summed E-state index contributed by atoms with van der Waals surface area (Å²) in [5.74, 6) is -0.972. The molecule has 3 rings (SSSR count). The Hall–Kier alpha value is -3.92. The van der Waals surface area contributed by atoms with Crippen LogP contribution in [0.4, 0.5) is 5.69 Å². The number of carboxylic acids is 1. The fourth-order valence-electron chi connectivity index (χ4n) is 2.79. The van der Waals surface area contributed by atoms with Gasteiger partial charge in [0.25, 0.3) is 5.69 Å². The normalized spacial score (nSPS) is 11.3. The van der Waals surface area contributed by atoms with Gasteiger partial charge in [-0.1, -0.05) is 30.3 Å². The Labute approximate surface area is 148 Å². The molecular weight excluding hydrogens is 334 g/mol. The first-order valence-corrected chi connectivity index (χ1v) is 7.66. The Balaban J connectivity index is 2.13. The molecule has 0 fully saturated rings. The number of nitro benzene ring substituents is 1. The molecular formula is C19H13N3O4. The highest BCUT2D eigenvalue weighted by molar-refractivity contribution is 5.98. The van der Waals surface area contributed by atoms with Gasteiger partial charge in [0.05, 0.1) is 16.6 Å². The summed E-state index contributed by atoms with van der Waals surface area (Å²) in [5.41, 5.74) is 1.99.